The van der Waals surface area contributed by atoms with E-state index in [1.54, 1.807) is 44.6 Å². The van der Waals surface area contributed by atoms with E-state index in [9.17, 15) is 9.59 Å². The van der Waals surface area contributed by atoms with Crippen molar-refractivity contribution in [1.29, 1.82) is 0 Å². The number of pyridine rings is 1. The Morgan fingerprint density at radius 2 is 1.84 bits per heavy atom. The SMILES string of the molecule is CC(C)[C@@H](NC(=O)Nc1cccc(C(=O)N(C)C)c1)c1ccccn1. The van der Waals surface area contributed by atoms with Gasteiger partial charge in [0.05, 0.1) is 11.7 Å². The standard InChI is InChI=1S/C19H24N4O2/c1-13(2)17(16-10-5-6-11-20-16)22-19(25)21-15-9-7-8-14(12-15)18(24)23(3)4/h5-13,17H,1-4H3,(H2,21,22,25)/t17-/m1/s1. The van der Waals surface area contributed by atoms with Gasteiger partial charge in [-0.15, -0.1) is 0 Å². The summed E-state index contributed by atoms with van der Waals surface area (Å²) in [4.78, 5) is 30.2. The van der Waals surface area contributed by atoms with Gasteiger partial charge < -0.3 is 15.5 Å². The van der Waals surface area contributed by atoms with E-state index >= 15 is 0 Å². The fraction of sp³-hybridized carbons (Fsp3) is 0.316. The van der Waals surface area contributed by atoms with E-state index in [1.807, 2.05) is 32.0 Å². The first-order valence-corrected chi connectivity index (χ1v) is 8.18. The van der Waals surface area contributed by atoms with E-state index in [4.69, 9.17) is 0 Å². The normalized spacial score (nSPS) is 11.7. The molecular formula is C19H24N4O2. The molecule has 0 unspecified atom stereocenters. The Morgan fingerprint density at radius 1 is 1.08 bits per heavy atom. The van der Waals surface area contributed by atoms with Crippen LogP contribution in [0.1, 0.15) is 35.9 Å². The molecule has 132 valence electrons. The monoisotopic (exact) mass is 340 g/mol. The van der Waals surface area contributed by atoms with Gasteiger partial charge in [0, 0.05) is 31.5 Å². The van der Waals surface area contributed by atoms with Gasteiger partial charge in [-0.1, -0.05) is 26.0 Å². The van der Waals surface area contributed by atoms with Gasteiger partial charge in [0.2, 0.25) is 0 Å². The van der Waals surface area contributed by atoms with E-state index in [2.05, 4.69) is 15.6 Å². The number of benzene rings is 1. The summed E-state index contributed by atoms with van der Waals surface area (Å²) in [5.41, 5.74) is 1.89. The molecule has 0 spiro atoms. The van der Waals surface area contributed by atoms with Gasteiger partial charge in [-0.3, -0.25) is 9.78 Å². The van der Waals surface area contributed by atoms with Crippen molar-refractivity contribution in [3.8, 4) is 0 Å². The van der Waals surface area contributed by atoms with E-state index in [-0.39, 0.29) is 23.9 Å². The highest BCUT2D eigenvalue weighted by atomic mass is 16.2. The molecule has 3 amide bonds. The zero-order valence-electron chi connectivity index (χ0n) is 15.0. The van der Waals surface area contributed by atoms with Gasteiger partial charge in [-0.05, 0) is 36.2 Å². The first kappa shape index (κ1) is 18.4. The molecule has 1 aromatic carbocycles. The molecule has 1 aromatic heterocycles. The Balaban J connectivity index is 2.09. The number of carbonyl (C=O) groups is 2. The van der Waals surface area contributed by atoms with E-state index in [0.29, 0.717) is 11.3 Å². The molecule has 6 heteroatoms. The molecule has 0 aliphatic carbocycles. The van der Waals surface area contributed by atoms with Crippen molar-refractivity contribution in [2.24, 2.45) is 5.92 Å². The van der Waals surface area contributed by atoms with Gasteiger partial charge >= 0.3 is 6.03 Å². The fourth-order valence-electron chi connectivity index (χ4n) is 2.44. The van der Waals surface area contributed by atoms with Crippen molar-refractivity contribution < 1.29 is 9.59 Å². The third-order valence-corrected chi connectivity index (χ3v) is 3.73. The summed E-state index contributed by atoms with van der Waals surface area (Å²) in [7, 11) is 3.38. The van der Waals surface area contributed by atoms with Crippen molar-refractivity contribution in [2.45, 2.75) is 19.9 Å². The van der Waals surface area contributed by atoms with Crippen LogP contribution in [-0.4, -0.2) is 35.9 Å². The molecule has 0 saturated heterocycles. The lowest BCUT2D eigenvalue weighted by molar-refractivity contribution is 0.0827. The number of urea groups is 1. The van der Waals surface area contributed by atoms with Crippen LogP contribution in [0.25, 0.3) is 0 Å². The minimum Gasteiger partial charge on any atom is -0.345 e. The largest absolute Gasteiger partial charge is 0.345 e. The van der Waals surface area contributed by atoms with Crippen LogP contribution in [0.15, 0.2) is 48.7 Å². The molecule has 0 aliphatic heterocycles. The maximum Gasteiger partial charge on any atom is 0.319 e. The Labute approximate surface area is 148 Å². The van der Waals surface area contributed by atoms with Gasteiger partial charge in [0.25, 0.3) is 5.91 Å². The predicted molar refractivity (Wildman–Crippen MR) is 98.4 cm³/mol. The maximum absolute atomic E-state index is 12.4. The molecule has 0 fully saturated rings. The second-order valence-electron chi connectivity index (χ2n) is 6.36. The average molecular weight is 340 g/mol. The number of hydrogen-bond donors (Lipinski definition) is 2. The number of amides is 3. The molecule has 2 rings (SSSR count). The van der Waals surface area contributed by atoms with Crippen LogP contribution in [0.5, 0.6) is 0 Å². The minimum atomic E-state index is -0.334. The van der Waals surface area contributed by atoms with Crippen LogP contribution in [0.2, 0.25) is 0 Å². The van der Waals surface area contributed by atoms with Crippen LogP contribution >= 0.6 is 0 Å². The summed E-state index contributed by atoms with van der Waals surface area (Å²) in [5.74, 6) is 0.0694. The zero-order valence-corrected chi connectivity index (χ0v) is 15.0. The Hall–Kier alpha value is -2.89. The van der Waals surface area contributed by atoms with Gasteiger partial charge in [0.1, 0.15) is 0 Å². The molecule has 1 atom stereocenters. The summed E-state index contributed by atoms with van der Waals surface area (Å²) >= 11 is 0. The van der Waals surface area contributed by atoms with Crippen molar-refractivity contribution in [3.63, 3.8) is 0 Å². The van der Waals surface area contributed by atoms with Crippen molar-refractivity contribution in [2.75, 3.05) is 19.4 Å². The molecule has 0 saturated carbocycles. The van der Waals surface area contributed by atoms with E-state index < -0.39 is 0 Å². The van der Waals surface area contributed by atoms with Gasteiger partial charge in [-0.25, -0.2) is 4.79 Å². The molecule has 2 N–H and O–H groups in total. The molecule has 0 aliphatic rings. The molecular weight excluding hydrogens is 316 g/mol. The summed E-state index contributed by atoms with van der Waals surface area (Å²) in [5, 5.41) is 5.73. The summed E-state index contributed by atoms with van der Waals surface area (Å²) < 4.78 is 0. The summed E-state index contributed by atoms with van der Waals surface area (Å²) in [6.45, 7) is 4.05. The highest BCUT2D eigenvalue weighted by molar-refractivity contribution is 5.96. The van der Waals surface area contributed by atoms with Crippen LogP contribution in [0.4, 0.5) is 10.5 Å². The quantitative estimate of drug-likeness (QED) is 0.877. The third kappa shape index (κ3) is 5.04. The second kappa shape index (κ2) is 8.28. The van der Waals surface area contributed by atoms with Crippen LogP contribution < -0.4 is 10.6 Å². The third-order valence-electron chi connectivity index (χ3n) is 3.73. The molecule has 25 heavy (non-hydrogen) atoms. The zero-order chi connectivity index (χ0) is 18.4. The van der Waals surface area contributed by atoms with Crippen molar-refractivity contribution >= 4 is 17.6 Å². The topological polar surface area (TPSA) is 74.3 Å². The van der Waals surface area contributed by atoms with Crippen LogP contribution in [0.3, 0.4) is 0 Å². The van der Waals surface area contributed by atoms with Crippen LogP contribution in [0, 0.1) is 5.92 Å². The van der Waals surface area contributed by atoms with Crippen molar-refractivity contribution in [1.82, 2.24) is 15.2 Å². The fourth-order valence-corrected chi connectivity index (χ4v) is 2.44. The highest BCUT2D eigenvalue weighted by Gasteiger charge is 2.19. The number of aromatic nitrogens is 1. The summed E-state index contributed by atoms with van der Waals surface area (Å²) in [6.07, 6.45) is 1.71. The number of nitrogens with zero attached hydrogens (tertiary/aromatic N) is 2. The first-order chi connectivity index (χ1) is 11.9. The van der Waals surface area contributed by atoms with Gasteiger partial charge in [0.15, 0.2) is 0 Å². The average Bonchev–Trinajstić information content (AvgIpc) is 2.59. The number of carbonyl (C=O) groups excluding carboxylic acids is 2. The Morgan fingerprint density at radius 3 is 2.44 bits per heavy atom. The minimum absolute atomic E-state index is 0.113. The Bertz CT molecular complexity index is 729. The van der Waals surface area contributed by atoms with Gasteiger partial charge in [-0.2, -0.15) is 0 Å². The number of nitrogens with one attached hydrogen (secondary N) is 2. The predicted octanol–water partition coefficient (Wildman–Crippen LogP) is 3.30. The highest BCUT2D eigenvalue weighted by Crippen LogP contribution is 2.20. The lowest BCUT2D eigenvalue weighted by Crippen LogP contribution is -2.35. The molecule has 6 nitrogen and oxygen atoms in total. The number of rotatable bonds is 5. The molecule has 2 aromatic rings. The Kier molecular flexibility index (Phi) is 6.11. The first-order valence-electron chi connectivity index (χ1n) is 8.18. The van der Waals surface area contributed by atoms with E-state index in [1.165, 1.54) is 4.90 Å². The lowest BCUT2D eigenvalue weighted by atomic mass is 10.0. The van der Waals surface area contributed by atoms with Crippen molar-refractivity contribution in [3.05, 3.63) is 59.9 Å². The number of hydrogen-bond acceptors (Lipinski definition) is 3. The summed E-state index contributed by atoms with van der Waals surface area (Å²) in [6, 6.07) is 12.0. The second-order valence-corrected chi connectivity index (χ2v) is 6.36. The molecule has 0 bridgehead atoms. The molecule has 0 radical (unpaired) electrons. The van der Waals surface area contributed by atoms with Crippen LogP contribution in [-0.2, 0) is 0 Å². The smallest absolute Gasteiger partial charge is 0.319 e. The molecule has 1 heterocycles. The number of anilines is 1. The van der Waals surface area contributed by atoms with E-state index in [0.717, 1.165) is 5.69 Å². The lowest BCUT2D eigenvalue weighted by Gasteiger charge is -2.22. The maximum atomic E-state index is 12.4.